The Morgan fingerprint density at radius 2 is 1.86 bits per heavy atom. The highest BCUT2D eigenvalue weighted by Gasteiger charge is 2.30. The van der Waals surface area contributed by atoms with Crippen molar-refractivity contribution in [2.24, 2.45) is 0 Å². The summed E-state index contributed by atoms with van der Waals surface area (Å²) in [7, 11) is -3.68. The maximum absolute atomic E-state index is 13.9. The molecule has 9 heteroatoms. The molecule has 0 fully saturated rings. The van der Waals surface area contributed by atoms with Crippen molar-refractivity contribution in [1.29, 1.82) is 0 Å². The van der Waals surface area contributed by atoms with Crippen LogP contribution in [0.15, 0.2) is 85.5 Å². The number of fused-ring (bicyclic) bond motifs is 2. The molecule has 37 heavy (non-hydrogen) atoms. The molecule has 6 nitrogen and oxygen atoms in total. The highest BCUT2D eigenvalue weighted by Crippen LogP contribution is 2.42. The zero-order chi connectivity index (χ0) is 25.7. The number of ketones is 1. The Balaban J connectivity index is 1.46. The molecule has 1 aliphatic rings. The van der Waals surface area contributed by atoms with Crippen molar-refractivity contribution >= 4 is 38.5 Å². The molecular formula is C28H22FN3O3S2. The normalized spacial score (nSPS) is 15.2. The maximum atomic E-state index is 13.9. The number of nitrogens with zero attached hydrogens (tertiary/aromatic N) is 3. The molecule has 1 unspecified atom stereocenters. The second-order valence-corrected chi connectivity index (χ2v) is 12.0. The van der Waals surface area contributed by atoms with Gasteiger partial charge in [0.15, 0.2) is 5.78 Å². The van der Waals surface area contributed by atoms with Gasteiger partial charge >= 0.3 is 0 Å². The molecule has 0 saturated heterocycles. The van der Waals surface area contributed by atoms with Crippen LogP contribution >= 0.6 is 11.8 Å². The van der Waals surface area contributed by atoms with E-state index in [0.717, 1.165) is 22.4 Å². The standard InChI is InChI=1S/C28H22FN3O3S2/c1-2-37(34,35)32-16-24(22-10-7-19(14-25(22)32)18-5-8-21(29)9-6-18)27(33)23-11-13-31-26(23)17-36-28(31)20-4-3-12-30-15-20/h3-16,28H,2,17H2,1H3. The molecule has 0 amide bonds. The maximum Gasteiger partial charge on any atom is 0.238 e. The van der Waals surface area contributed by atoms with Gasteiger partial charge in [-0.2, -0.15) is 0 Å². The fraction of sp³-hybridized carbons (Fsp3) is 0.143. The first kappa shape index (κ1) is 23.7. The van der Waals surface area contributed by atoms with Crippen LogP contribution in [-0.2, 0) is 15.8 Å². The molecule has 186 valence electrons. The van der Waals surface area contributed by atoms with E-state index in [4.69, 9.17) is 0 Å². The molecule has 6 rings (SSSR count). The Hall–Kier alpha value is -3.69. The molecule has 0 spiro atoms. The Morgan fingerprint density at radius 1 is 1.08 bits per heavy atom. The van der Waals surface area contributed by atoms with Gasteiger partial charge in [-0.05, 0) is 48.4 Å². The average molecular weight is 532 g/mol. The number of rotatable bonds is 6. The van der Waals surface area contributed by atoms with Crippen molar-refractivity contribution in [1.82, 2.24) is 13.5 Å². The number of benzene rings is 2. The second-order valence-electron chi connectivity index (χ2n) is 8.84. The van der Waals surface area contributed by atoms with Crippen molar-refractivity contribution in [3.63, 3.8) is 0 Å². The summed E-state index contributed by atoms with van der Waals surface area (Å²) in [5.41, 5.74) is 4.77. The van der Waals surface area contributed by atoms with Crippen molar-refractivity contribution < 1.29 is 17.6 Å². The lowest BCUT2D eigenvalue weighted by Crippen LogP contribution is -2.13. The van der Waals surface area contributed by atoms with E-state index in [1.165, 1.54) is 22.3 Å². The largest absolute Gasteiger partial charge is 0.333 e. The number of thioether (sulfide) groups is 1. The number of halogens is 1. The first-order valence-corrected chi connectivity index (χ1v) is 14.4. The average Bonchev–Trinajstić information content (AvgIpc) is 3.63. The molecule has 1 aliphatic heterocycles. The van der Waals surface area contributed by atoms with Crippen LogP contribution in [0.5, 0.6) is 0 Å². The summed E-state index contributed by atoms with van der Waals surface area (Å²) in [4.78, 5) is 18.1. The SMILES string of the molecule is CCS(=O)(=O)n1cc(C(=O)c2ccn3c2CSC3c2cccnc2)c2ccc(-c3ccc(F)cc3)cc21. The van der Waals surface area contributed by atoms with E-state index < -0.39 is 10.0 Å². The van der Waals surface area contributed by atoms with Crippen LogP contribution in [0, 0.1) is 5.82 Å². The zero-order valence-corrected chi connectivity index (χ0v) is 21.5. The number of carbonyl (C=O) groups excluding carboxylic acids is 1. The van der Waals surface area contributed by atoms with Crippen LogP contribution in [0.2, 0.25) is 0 Å². The van der Waals surface area contributed by atoms with Gasteiger partial charge in [-0.1, -0.05) is 30.3 Å². The first-order valence-electron chi connectivity index (χ1n) is 11.8. The summed E-state index contributed by atoms with van der Waals surface area (Å²) in [6.07, 6.45) is 6.91. The van der Waals surface area contributed by atoms with Gasteiger partial charge in [0.2, 0.25) is 10.0 Å². The summed E-state index contributed by atoms with van der Waals surface area (Å²) in [6.45, 7) is 1.57. The van der Waals surface area contributed by atoms with Gasteiger partial charge in [0, 0.05) is 58.3 Å². The van der Waals surface area contributed by atoms with E-state index in [1.807, 2.05) is 36.7 Å². The minimum atomic E-state index is -3.68. The highest BCUT2D eigenvalue weighted by molar-refractivity contribution is 7.99. The van der Waals surface area contributed by atoms with E-state index in [9.17, 15) is 17.6 Å². The Kier molecular flexibility index (Phi) is 5.77. The van der Waals surface area contributed by atoms with Crippen LogP contribution in [0.1, 0.15) is 39.5 Å². The smallest absolute Gasteiger partial charge is 0.238 e. The van der Waals surface area contributed by atoms with Gasteiger partial charge < -0.3 is 4.57 Å². The van der Waals surface area contributed by atoms with E-state index >= 15 is 0 Å². The van der Waals surface area contributed by atoms with Crippen LogP contribution in [-0.4, -0.2) is 33.5 Å². The van der Waals surface area contributed by atoms with Gasteiger partial charge in [-0.3, -0.25) is 9.78 Å². The third-order valence-corrected chi connectivity index (χ3v) is 9.61. The Morgan fingerprint density at radius 3 is 2.59 bits per heavy atom. The molecule has 0 bridgehead atoms. The monoisotopic (exact) mass is 531 g/mol. The summed E-state index contributed by atoms with van der Waals surface area (Å²) >= 11 is 1.72. The van der Waals surface area contributed by atoms with E-state index in [2.05, 4.69) is 9.55 Å². The van der Waals surface area contributed by atoms with Gasteiger partial charge in [0.1, 0.15) is 11.2 Å². The van der Waals surface area contributed by atoms with Crippen molar-refractivity contribution in [2.75, 3.05) is 5.75 Å². The highest BCUT2D eigenvalue weighted by atomic mass is 32.2. The molecule has 0 radical (unpaired) electrons. The van der Waals surface area contributed by atoms with Crippen molar-refractivity contribution in [3.05, 3.63) is 114 Å². The minimum Gasteiger partial charge on any atom is -0.333 e. The molecular weight excluding hydrogens is 509 g/mol. The van der Waals surface area contributed by atoms with Gasteiger partial charge in [-0.25, -0.2) is 16.8 Å². The predicted molar refractivity (Wildman–Crippen MR) is 144 cm³/mol. The number of pyridine rings is 1. The van der Waals surface area contributed by atoms with E-state index in [1.54, 1.807) is 49.1 Å². The number of carbonyl (C=O) groups is 1. The predicted octanol–water partition coefficient (Wildman–Crippen LogP) is 5.87. The minimum absolute atomic E-state index is 0.0327. The molecule has 2 aromatic carbocycles. The number of aromatic nitrogens is 3. The Bertz CT molecular complexity index is 1760. The summed E-state index contributed by atoms with van der Waals surface area (Å²) in [5.74, 6) is -0.0192. The topological polar surface area (TPSA) is 74.0 Å². The van der Waals surface area contributed by atoms with Crippen LogP contribution in [0.25, 0.3) is 22.0 Å². The number of hydrogen-bond donors (Lipinski definition) is 0. The lowest BCUT2D eigenvalue weighted by molar-refractivity contribution is 0.103. The van der Waals surface area contributed by atoms with Crippen molar-refractivity contribution in [2.45, 2.75) is 18.1 Å². The summed E-state index contributed by atoms with van der Waals surface area (Å²) in [5, 5.41) is 0.590. The van der Waals surface area contributed by atoms with E-state index in [-0.39, 0.29) is 22.7 Å². The van der Waals surface area contributed by atoms with Gasteiger partial charge in [0.05, 0.1) is 11.3 Å². The number of hydrogen-bond acceptors (Lipinski definition) is 5. The molecule has 1 atom stereocenters. The molecule has 0 N–H and O–H groups in total. The molecule has 5 aromatic rings. The van der Waals surface area contributed by atoms with Gasteiger partial charge in [-0.15, -0.1) is 11.8 Å². The summed E-state index contributed by atoms with van der Waals surface area (Å²) < 4.78 is 42.7. The third kappa shape index (κ3) is 3.98. The van der Waals surface area contributed by atoms with Crippen LogP contribution in [0.3, 0.4) is 0 Å². The molecule has 0 saturated carbocycles. The fourth-order valence-corrected chi connectivity index (χ4v) is 7.10. The van der Waals surface area contributed by atoms with Crippen LogP contribution in [0.4, 0.5) is 4.39 Å². The molecule has 3 aromatic heterocycles. The van der Waals surface area contributed by atoms with Gasteiger partial charge in [0.25, 0.3) is 0 Å². The van der Waals surface area contributed by atoms with Crippen molar-refractivity contribution in [3.8, 4) is 11.1 Å². The van der Waals surface area contributed by atoms with Crippen LogP contribution < -0.4 is 0 Å². The molecule has 4 heterocycles. The fourth-order valence-electron chi connectivity index (χ4n) is 4.79. The second kappa shape index (κ2) is 9.00. The lowest BCUT2D eigenvalue weighted by atomic mass is 10.00. The first-order chi connectivity index (χ1) is 17.9. The quantitative estimate of drug-likeness (QED) is 0.256. The Labute approximate surface area is 217 Å². The third-order valence-electron chi connectivity index (χ3n) is 6.73. The van der Waals surface area contributed by atoms with E-state index in [0.29, 0.717) is 27.8 Å². The lowest BCUT2D eigenvalue weighted by Gasteiger charge is -2.11. The zero-order valence-electron chi connectivity index (χ0n) is 19.8. The molecule has 0 aliphatic carbocycles. The summed E-state index contributed by atoms with van der Waals surface area (Å²) in [6, 6.07) is 17.1.